The maximum absolute atomic E-state index is 11.9. The highest BCUT2D eigenvalue weighted by atomic mass is 32.2. The summed E-state index contributed by atoms with van der Waals surface area (Å²) >= 11 is 0. The lowest BCUT2D eigenvalue weighted by molar-refractivity contribution is 0.145. The molecule has 1 aromatic heterocycles. The average Bonchev–Trinajstić information content (AvgIpc) is 2.67. The first-order valence-corrected chi connectivity index (χ1v) is 8.23. The van der Waals surface area contributed by atoms with E-state index in [-0.39, 0.29) is 16.8 Å². The van der Waals surface area contributed by atoms with Crippen molar-refractivity contribution in [3.8, 4) is 0 Å². The standard InChI is InChI=1S/C11H20N4O3S/c1-3-15-10(12)9(19(2,17)18)11(13-15)14-6-4-8(16)5-7-14/h8,16H,3-7,12H2,1-2H3. The number of hydrogen-bond acceptors (Lipinski definition) is 6. The molecule has 0 spiro atoms. The fourth-order valence-corrected chi connectivity index (χ4v) is 3.31. The Hall–Kier alpha value is -1.28. The lowest BCUT2D eigenvalue weighted by atomic mass is 10.1. The van der Waals surface area contributed by atoms with E-state index in [0.717, 1.165) is 6.26 Å². The summed E-state index contributed by atoms with van der Waals surface area (Å²) in [6, 6.07) is 0. The Bertz CT molecular complexity index is 559. The van der Waals surface area contributed by atoms with Gasteiger partial charge in [0.1, 0.15) is 5.82 Å². The highest BCUT2D eigenvalue weighted by molar-refractivity contribution is 7.91. The number of aliphatic hydroxyl groups is 1. The third kappa shape index (κ3) is 2.69. The minimum atomic E-state index is -3.43. The van der Waals surface area contributed by atoms with Crippen molar-refractivity contribution in [2.45, 2.75) is 37.3 Å². The molecule has 0 unspecified atom stereocenters. The lowest BCUT2D eigenvalue weighted by Gasteiger charge is -2.30. The van der Waals surface area contributed by atoms with E-state index in [1.54, 1.807) is 0 Å². The summed E-state index contributed by atoms with van der Waals surface area (Å²) in [5.41, 5.74) is 5.88. The van der Waals surface area contributed by atoms with Gasteiger partial charge in [-0.15, -0.1) is 0 Å². The predicted octanol–water partition coefficient (Wildman–Crippen LogP) is -0.150. The molecule has 0 saturated carbocycles. The monoisotopic (exact) mass is 288 g/mol. The first kappa shape index (κ1) is 14.1. The molecule has 2 rings (SSSR count). The van der Waals surface area contributed by atoms with Gasteiger partial charge in [-0.05, 0) is 19.8 Å². The van der Waals surface area contributed by atoms with Crippen LogP contribution in [0.15, 0.2) is 4.90 Å². The van der Waals surface area contributed by atoms with Gasteiger partial charge < -0.3 is 15.7 Å². The molecule has 0 atom stereocenters. The van der Waals surface area contributed by atoms with Crippen LogP contribution in [0.2, 0.25) is 0 Å². The SMILES string of the molecule is CCn1nc(N2CCC(O)CC2)c(S(C)(=O)=O)c1N. The van der Waals surface area contributed by atoms with Crippen molar-refractivity contribution < 1.29 is 13.5 Å². The third-order valence-corrected chi connectivity index (χ3v) is 4.50. The zero-order valence-corrected chi connectivity index (χ0v) is 12.0. The molecule has 0 amide bonds. The summed E-state index contributed by atoms with van der Waals surface area (Å²) in [5, 5.41) is 13.8. The molecule has 1 aliphatic heterocycles. The second-order valence-corrected chi connectivity index (χ2v) is 6.80. The molecule has 8 heteroatoms. The topological polar surface area (TPSA) is 101 Å². The number of rotatable bonds is 3. The molecule has 19 heavy (non-hydrogen) atoms. The lowest BCUT2D eigenvalue weighted by Crippen LogP contribution is -2.36. The Morgan fingerprint density at radius 3 is 2.47 bits per heavy atom. The fourth-order valence-electron chi connectivity index (χ4n) is 2.33. The summed E-state index contributed by atoms with van der Waals surface area (Å²) in [4.78, 5) is 1.98. The van der Waals surface area contributed by atoms with Crippen molar-refractivity contribution >= 4 is 21.5 Å². The van der Waals surface area contributed by atoms with Crippen LogP contribution in [-0.2, 0) is 16.4 Å². The van der Waals surface area contributed by atoms with Crippen LogP contribution in [-0.4, -0.2) is 48.8 Å². The molecule has 1 fully saturated rings. The maximum atomic E-state index is 11.9. The average molecular weight is 288 g/mol. The number of hydrogen-bond donors (Lipinski definition) is 2. The number of anilines is 2. The zero-order valence-electron chi connectivity index (χ0n) is 11.2. The van der Waals surface area contributed by atoms with Gasteiger partial charge >= 0.3 is 0 Å². The molecule has 7 nitrogen and oxygen atoms in total. The van der Waals surface area contributed by atoms with E-state index < -0.39 is 9.84 Å². The maximum Gasteiger partial charge on any atom is 0.182 e. The van der Waals surface area contributed by atoms with Gasteiger partial charge in [-0.3, -0.25) is 0 Å². The van der Waals surface area contributed by atoms with Crippen LogP contribution in [0.4, 0.5) is 11.6 Å². The second kappa shape index (κ2) is 5.01. The Morgan fingerprint density at radius 1 is 1.42 bits per heavy atom. The Morgan fingerprint density at radius 2 is 2.00 bits per heavy atom. The van der Waals surface area contributed by atoms with Crippen molar-refractivity contribution in [2.24, 2.45) is 0 Å². The number of sulfone groups is 1. The molecular formula is C11H20N4O3S. The first-order chi connectivity index (χ1) is 8.84. The van der Waals surface area contributed by atoms with Gasteiger partial charge in [0.05, 0.1) is 6.10 Å². The Kier molecular flexibility index (Phi) is 3.73. The number of aryl methyl sites for hydroxylation is 1. The van der Waals surface area contributed by atoms with E-state index >= 15 is 0 Å². The summed E-state index contributed by atoms with van der Waals surface area (Å²) in [5.74, 6) is 0.597. The molecule has 0 radical (unpaired) electrons. The summed E-state index contributed by atoms with van der Waals surface area (Å²) in [7, 11) is -3.43. The number of aliphatic hydroxyl groups excluding tert-OH is 1. The molecule has 3 N–H and O–H groups in total. The normalized spacial score (nSPS) is 17.9. The highest BCUT2D eigenvalue weighted by Crippen LogP contribution is 2.31. The van der Waals surface area contributed by atoms with Crippen molar-refractivity contribution in [1.29, 1.82) is 0 Å². The molecule has 0 aliphatic carbocycles. The minimum Gasteiger partial charge on any atom is -0.393 e. The van der Waals surface area contributed by atoms with Crippen LogP contribution in [0.5, 0.6) is 0 Å². The van der Waals surface area contributed by atoms with Crippen LogP contribution in [0, 0.1) is 0 Å². The molecular weight excluding hydrogens is 268 g/mol. The molecule has 1 aliphatic rings. The molecule has 0 aromatic carbocycles. The number of nitrogens with two attached hydrogens (primary N) is 1. The van der Waals surface area contributed by atoms with Gasteiger partial charge in [0, 0.05) is 25.9 Å². The van der Waals surface area contributed by atoms with Crippen LogP contribution in [0.1, 0.15) is 19.8 Å². The van der Waals surface area contributed by atoms with E-state index in [0.29, 0.717) is 38.3 Å². The van der Waals surface area contributed by atoms with Crippen molar-refractivity contribution in [3.05, 3.63) is 0 Å². The molecule has 1 aromatic rings. The van der Waals surface area contributed by atoms with Crippen molar-refractivity contribution in [3.63, 3.8) is 0 Å². The van der Waals surface area contributed by atoms with Crippen LogP contribution in [0.3, 0.4) is 0 Å². The molecule has 0 bridgehead atoms. The van der Waals surface area contributed by atoms with E-state index in [2.05, 4.69) is 5.10 Å². The second-order valence-electron chi connectivity index (χ2n) is 4.84. The van der Waals surface area contributed by atoms with Gasteiger partial charge in [-0.2, -0.15) is 5.10 Å². The largest absolute Gasteiger partial charge is 0.393 e. The van der Waals surface area contributed by atoms with Gasteiger partial charge in [-0.25, -0.2) is 13.1 Å². The smallest absolute Gasteiger partial charge is 0.182 e. The van der Waals surface area contributed by atoms with Gasteiger partial charge in [0.2, 0.25) is 0 Å². The van der Waals surface area contributed by atoms with Gasteiger partial charge in [0.25, 0.3) is 0 Å². The summed E-state index contributed by atoms with van der Waals surface area (Å²) < 4.78 is 25.3. The van der Waals surface area contributed by atoms with Gasteiger partial charge in [-0.1, -0.05) is 0 Å². The Balaban J connectivity index is 2.45. The van der Waals surface area contributed by atoms with Crippen LogP contribution >= 0.6 is 0 Å². The van der Waals surface area contributed by atoms with Crippen molar-refractivity contribution in [2.75, 3.05) is 30.0 Å². The minimum absolute atomic E-state index is 0.103. The highest BCUT2D eigenvalue weighted by Gasteiger charge is 2.29. The van der Waals surface area contributed by atoms with Gasteiger partial charge in [0.15, 0.2) is 20.6 Å². The summed E-state index contributed by atoms with van der Waals surface area (Å²) in [6.45, 7) is 3.55. The third-order valence-electron chi connectivity index (χ3n) is 3.36. The summed E-state index contributed by atoms with van der Waals surface area (Å²) in [6.07, 6.45) is 2.05. The number of piperidine rings is 1. The van der Waals surface area contributed by atoms with E-state index in [4.69, 9.17) is 5.73 Å². The fraction of sp³-hybridized carbons (Fsp3) is 0.727. The quantitative estimate of drug-likeness (QED) is 0.802. The molecule has 2 heterocycles. The number of nitrogen functional groups attached to an aromatic ring is 1. The van der Waals surface area contributed by atoms with E-state index in [1.165, 1.54) is 4.68 Å². The predicted molar refractivity (Wildman–Crippen MR) is 72.9 cm³/mol. The first-order valence-electron chi connectivity index (χ1n) is 6.34. The van der Waals surface area contributed by atoms with E-state index in [9.17, 15) is 13.5 Å². The van der Waals surface area contributed by atoms with Crippen molar-refractivity contribution in [1.82, 2.24) is 9.78 Å². The molecule has 1 saturated heterocycles. The molecule has 108 valence electrons. The zero-order chi connectivity index (χ0) is 14.2. The Labute approximate surface area is 112 Å². The number of nitrogens with zero attached hydrogens (tertiary/aromatic N) is 3. The van der Waals surface area contributed by atoms with Crippen LogP contribution in [0.25, 0.3) is 0 Å². The number of aromatic nitrogens is 2. The van der Waals surface area contributed by atoms with Crippen LogP contribution < -0.4 is 10.6 Å². The van der Waals surface area contributed by atoms with E-state index in [1.807, 2.05) is 11.8 Å².